The Morgan fingerprint density at radius 3 is 2.24 bits per heavy atom. The van der Waals surface area contributed by atoms with Crippen LogP contribution < -0.4 is 10.6 Å². The van der Waals surface area contributed by atoms with Crippen molar-refractivity contribution in [1.82, 2.24) is 9.80 Å². The van der Waals surface area contributed by atoms with E-state index in [0.717, 1.165) is 24.1 Å². The van der Waals surface area contributed by atoms with E-state index in [4.69, 9.17) is 5.73 Å². The quantitative estimate of drug-likeness (QED) is 0.336. The second-order valence-electron chi connectivity index (χ2n) is 13.1. The Kier molecular flexibility index (Phi) is 6.03. The van der Waals surface area contributed by atoms with Crippen LogP contribution in [0, 0.1) is 17.3 Å². The van der Waals surface area contributed by atoms with E-state index < -0.39 is 46.3 Å². The summed E-state index contributed by atoms with van der Waals surface area (Å²) in [7, 11) is 6.99. The molecule has 220 valence electrons. The number of carbonyl (C=O) groups is 3. The maximum Gasteiger partial charge on any atom is 0.257 e. The zero-order chi connectivity index (χ0) is 29.8. The predicted molar refractivity (Wildman–Crippen MR) is 150 cm³/mol. The maximum absolute atomic E-state index is 13.5. The number of allylic oxidation sites excluding steroid dienone is 1. The lowest BCUT2D eigenvalue weighted by molar-refractivity contribution is -0.136. The van der Waals surface area contributed by atoms with Gasteiger partial charge in [-0.05, 0) is 62.9 Å². The number of anilines is 1. The molecule has 4 atom stereocenters. The van der Waals surface area contributed by atoms with Gasteiger partial charge in [0, 0.05) is 56.2 Å². The summed E-state index contributed by atoms with van der Waals surface area (Å²) in [6.45, 7) is 1.36. The smallest absolute Gasteiger partial charge is 0.257 e. The van der Waals surface area contributed by atoms with Gasteiger partial charge in [-0.1, -0.05) is 6.42 Å². The van der Waals surface area contributed by atoms with E-state index in [9.17, 15) is 34.8 Å². The normalized spacial score (nSPS) is 30.0. The summed E-state index contributed by atoms with van der Waals surface area (Å²) in [5, 5.41) is 46.0. The number of carbonyl (C=O) groups excluding carboxylic acids is 3. The molecule has 1 saturated carbocycles. The molecule has 1 aromatic rings. The Hall–Kier alpha value is -3.57. The Balaban J connectivity index is 1.46. The second-order valence-corrected chi connectivity index (χ2v) is 13.1. The number of aliphatic hydroxyl groups is 3. The third-order valence-corrected chi connectivity index (χ3v) is 10.3. The summed E-state index contributed by atoms with van der Waals surface area (Å²) >= 11 is 0. The Bertz CT molecular complexity index is 1450. The number of nitrogens with two attached hydrogens (primary N) is 1. The van der Waals surface area contributed by atoms with Crippen molar-refractivity contribution < 1.29 is 34.8 Å². The first-order chi connectivity index (χ1) is 19.2. The van der Waals surface area contributed by atoms with Crippen molar-refractivity contribution in [3.05, 3.63) is 45.4 Å². The van der Waals surface area contributed by atoms with E-state index in [1.165, 1.54) is 6.42 Å². The molecular weight excluding hydrogens is 528 g/mol. The van der Waals surface area contributed by atoms with Crippen LogP contribution in [0.4, 0.5) is 5.69 Å². The van der Waals surface area contributed by atoms with Gasteiger partial charge < -0.3 is 36.0 Å². The van der Waals surface area contributed by atoms with Crippen molar-refractivity contribution in [2.45, 2.75) is 50.2 Å². The summed E-state index contributed by atoms with van der Waals surface area (Å²) in [4.78, 5) is 44.2. The zero-order valence-electron chi connectivity index (χ0n) is 23.9. The maximum atomic E-state index is 13.5. The van der Waals surface area contributed by atoms with Crippen molar-refractivity contribution in [3.8, 4) is 5.75 Å². The van der Waals surface area contributed by atoms with Crippen LogP contribution in [0.15, 0.2) is 28.7 Å². The van der Waals surface area contributed by atoms with Gasteiger partial charge in [0.2, 0.25) is 0 Å². The zero-order valence-corrected chi connectivity index (χ0v) is 23.9. The Morgan fingerprint density at radius 1 is 1.05 bits per heavy atom. The fraction of sp³-hybridized carbons (Fsp3) is 0.567. The SMILES string of the molecule is CN(C)c1cc(C(=O)N2CC3(CCC3)C2)c(O)c2c1C[C@H]1C[C@H]3[C@H](N(C)C)C(=O)C(C(N)=O)=C(O)[C@@]3(O)C(O)=C1C2. The number of hydrogen-bond donors (Lipinski definition) is 5. The van der Waals surface area contributed by atoms with Crippen molar-refractivity contribution in [2.24, 2.45) is 23.0 Å². The molecule has 0 aromatic heterocycles. The highest BCUT2D eigenvalue weighted by molar-refractivity contribution is 6.22. The topological polar surface area (TPSA) is 168 Å². The third kappa shape index (κ3) is 3.67. The molecule has 0 bridgehead atoms. The highest BCUT2D eigenvalue weighted by atomic mass is 16.4. The van der Waals surface area contributed by atoms with Gasteiger partial charge in [-0.2, -0.15) is 0 Å². The number of benzene rings is 1. The second kappa shape index (κ2) is 8.96. The number of fused-ring (bicyclic) bond motifs is 3. The van der Waals surface area contributed by atoms with Gasteiger partial charge in [0.25, 0.3) is 11.8 Å². The van der Waals surface area contributed by atoms with Crippen LogP contribution in [-0.2, 0) is 22.4 Å². The molecule has 6 rings (SSSR count). The molecule has 1 saturated heterocycles. The lowest BCUT2D eigenvalue weighted by Crippen LogP contribution is -2.62. The fourth-order valence-electron chi connectivity index (χ4n) is 8.02. The van der Waals surface area contributed by atoms with Crippen LogP contribution in [-0.4, -0.2) is 101 Å². The molecule has 41 heavy (non-hydrogen) atoms. The van der Waals surface area contributed by atoms with Gasteiger partial charge in [-0.25, -0.2) is 0 Å². The number of ketones is 1. The van der Waals surface area contributed by atoms with Gasteiger partial charge in [0.1, 0.15) is 22.8 Å². The number of likely N-dealkylation sites (tertiary alicyclic amines) is 1. The van der Waals surface area contributed by atoms with Gasteiger partial charge in [-0.3, -0.25) is 19.3 Å². The Labute approximate surface area is 238 Å². The molecule has 1 heterocycles. The predicted octanol–water partition coefficient (Wildman–Crippen LogP) is 1.17. The molecular formula is C30H38N4O7. The number of phenolic OH excluding ortho intramolecular Hbond substituents is 1. The minimum atomic E-state index is -2.40. The van der Waals surface area contributed by atoms with E-state index in [-0.39, 0.29) is 41.4 Å². The van der Waals surface area contributed by atoms with Crippen LogP contribution in [0.2, 0.25) is 0 Å². The van der Waals surface area contributed by atoms with E-state index in [2.05, 4.69) is 0 Å². The van der Waals surface area contributed by atoms with Gasteiger partial charge in [0.05, 0.1) is 11.6 Å². The highest BCUT2D eigenvalue weighted by Crippen LogP contribution is 2.55. The van der Waals surface area contributed by atoms with E-state index in [0.29, 0.717) is 30.6 Å². The lowest BCUT2D eigenvalue weighted by Gasteiger charge is -2.56. The number of aliphatic hydroxyl groups excluding tert-OH is 2. The van der Waals surface area contributed by atoms with Crippen molar-refractivity contribution in [2.75, 3.05) is 46.2 Å². The number of phenols is 1. The van der Waals surface area contributed by atoms with Gasteiger partial charge >= 0.3 is 0 Å². The van der Waals surface area contributed by atoms with Gasteiger partial charge in [-0.15, -0.1) is 0 Å². The van der Waals surface area contributed by atoms with E-state index in [1.807, 2.05) is 19.0 Å². The minimum Gasteiger partial charge on any atom is -0.509 e. The molecule has 2 amide bonds. The van der Waals surface area contributed by atoms with Crippen LogP contribution >= 0.6 is 0 Å². The molecule has 11 nitrogen and oxygen atoms in total. The van der Waals surface area contributed by atoms with Crippen LogP contribution in [0.25, 0.3) is 0 Å². The van der Waals surface area contributed by atoms with Crippen LogP contribution in [0.3, 0.4) is 0 Å². The molecule has 11 heteroatoms. The number of Topliss-reactive ketones (excluding diaryl/α,β-unsaturated/α-hetero) is 1. The molecule has 0 unspecified atom stereocenters. The largest absolute Gasteiger partial charge is 0.509 e. The first kappa shape index (κ1) is 27.6. The summed E-state index contributed by atoms with van der Waals surface area (Å²) in [6, 6.07) is 0.719. The molecule has 1 aromatic carbocycles. The monoisotopic (exact) mass is 566 g/mol. The highest BCUT2D eigenvalue weighted by Gasteiger charge is 2.61. The minimum absolute atomic E-state index is 0.0261. The first-order valence-electron chi connectivity index (χ1n) is 14.1. The standard InChI is InChI=1S/C30H38N4O7/c1-32(2)20-11-18(28(40)34-12-29(13-34)6-5-7-29)23(35)17-10-15-14(8-16(17)20)9-19-22(33(3)4)24(36)21(27(31)39)26(38)30(19,41)25(15)37/h11,14,19,22,35,37-38,41H,5-10,12-13H2,1-4H3,(H2,31,39)/t14-,19-,22-,30-/m0/s1. The van der Waals surface area contributed by atoms with Crippen molar-refractivity contribution >= 4 is 23.3 Å². The average molecular weight is 567 g/mol. The molecule has 2 fully saturated rings. The summed E-state index contributed by atoms with van der Waals surface area (Å²) in [6.07, 6.45) is 4.05. The number of likely N-dealkylation sites (N-methyl/N-ethyl adjacent to an activating group) is 1. The molecule has 1 aliphatic heterocycles. The van der Waals surface area contributed by atoms with Crippen molar-refractivity contribution in [3.63, 3.8) is 0 Å². The molecule has 4 aliphatic carbocycles. The number of aromatic hydroxyl groups is 1. The van der Waals surface area contributed by atoms with Crippen LogP contribution in [0.5, 0.6) is 5.75 Å². The van der Waals surface area contributed by atoms with Crippen LogP contribution in [0.1, 0.15) is 47.2 Å². The average Bonchev–Trinajstić information content (AvgIpc) is 2.83. The molecule has 5 aliphatic rings. The number of hydrogen-bond acceptors (Lipinski definition) is 9. The number of primary amides is 1. The fourth-order valence-corrected chi connectivity index (χ4v) is 8.02. The number of rotatable bonds is 4. The third-order valence-electron chi connectivity index (χ3n) is 10.3. The molecule has 6 N–H and O–H groups in total. The summed E-state index contributed by atoms with van der Waals surface area (Å²) in [5.74, 6) is -5.04. The van der Waals surface area contributed by atoms with Crippen molar-refractivity contribution in [1.29, 1.82) is 0 Å². The molecule has 1 spiro atoms. The first-order valence-corrected chi connectivity index (χ1v) is 14.1. The van der Waals surface area contributed by atoms with Gasteiger partial charge in [0.15, 0.2) is 11.4 Å². The molecule has 0 radical (unpaired) electrons. The lowest BCUT2D eigenvalue weighted by atomic mass is 9.59. The van der Waals surface area contributed by atoms with E-state index in [1.54, 1.807) is 30.0 Å². The summed E-state index contributed by atoms with van der Waals surface area (Å²) < 4.78 is 0. The Morgan fingerprint density at radius 2 is 1.71 bits per heavy atom. The van der Waals surface area contributed by atoms with E-state index >= 15 is 0 Å². The number of amides is 2. The summed E-state index contributed by atoms with van der Waals surface area (Å²) in [5.41, 5.74) is 5.20. The number of nitrogens with zero attached hydrogens (tertiary/aromatic N) is 3.